The topological polar surface area (TPSA) is 26.0 Å². The summed E-state index contributed by atoms with van der Waals surface area (Å²) in [6.07, 6.45) is 7.85. The van der Waals surface area contributed by atoms with E-state index < -0.39 is 0 Å². The summed E-state index contributed by atoms with van der Waals surface area (Å²) in [5.41, 5.74) is 9.86. The normalized spacial score (nSPS) is 12.7. The van der Waals surface area contributed by atoms with Crippen LogP contribution in [0.15, 0.2) is 24.3 Å². The molecule has 0 fully saturated rings. The third-order valence-corrected chi connectivity index (χ3v) is 2.57. The Kier molecular flexibility index (Phi) is 5.13. The van der Waals surface area contributed by atoms with E-state index in [0.29, 0.717) is 0 Å². The van der Waals surface area contributed by atoms with Gasteiger partial charge in [0.05, 0.1) is 0 Å². The van der Waals surface area contributed by atoms with E-state index in [1.165, 1.54) is 29.5 Å². The first kappa shape index (κ1) is 12.0. The predicted molar refractivity (Wildman–Crippen MR) is 67.9 cm³/mol. The largest absolute Gasteiger partial charge is 0.330 e. The van der Waals surface area contributed by atoms with Crippen LogP contribution in [0.2, 0.25) is 0 Å². The number of rotatable bonds is 2. The molecule has 0 amide bonds. The third kappa shape index (κ3) is 2.93. The number of hydrogen-bond donors (Lipinski definition) is 1. The molecule has 0 aliphatic heterocycles. The van der Waals surface area contributed by atoms with E-state index in [4.69, 9.17) is 5.73 Å². The lowest BCUT2D eigenvalue weighted by Gasteiger charge is -2.14. The van der Waals surface area contributed by atoms with Crippen molar-refractivity contribution in [2.75, 3.05) is 6.54 Å². The number of allylic oxidation sites excluding steroid dienone is 1. The molecule has 0 aromatic heterocycles. The molecule has 2 rings (SSSR count). The van der Waals surface area contributed by atoms with Crippen molar-refractivity contribution in [1.29, 1.82) is 0 Å². The quantitative estimate of drug-likeness (QED) is 0.785. The molecule has 0 saturated heterocycles. The SMILES string of the molecule is CC.NCCc1cccc2c1C=CCC2. The number of aryl methyl sites for hydroxylation is 1. The fraction of sp³-hybridized carbons (Fsp3) is 0.429. The highest BCUT2D eigenvalue weighted by molar-refractivity contribution is 5.60. The highest BCUT2D eigenvalue weighted by Gasteiger charge is 2.07. The summed E-state index contributed by atoms with van der Waals surface area (Å²) in [5.74, 6) is 0. The molecular formula is C14H21N. The van der Waals surface area contributed by atoms with Gasteiger partial charge in [0.2, 0.25) is 0 Å². The Hall–Kier alpha value is -1.08. The van der Waals surface area contributed by atoms with Crippen molar-refractivity contribution in [1.82, 2.24) is 0 Å². The average Bonchev–Trinajstić information content (AvgIpc) is 2.33. The summed E-state index contributed by atoms with van der Waals surface area (Å²) in [6.45, 7) is 4.74. The molecule has 1 heteroatoms. The Labute approximate surface area is 93.0 Å². The molecule has 15 heavy (non-hydrogen) atoms. The van der Waals surface area contributed by atoms with E-state index in [1.54, 1.807) is 0 Å². The minimum atomic E-state index is 0.740. The molecule has 0 atom stereocenters. The Balaban J connectivity index is 0.000000531. The van der Waals surface area contributed by atoms with Crippen molar-refractivity contribution >= 4 is 6.08 Å². The van der Waals surface area contributed by atoms with Gasteiger partial charge in [-0.25, -0.2) is 0 Å². The molecular weight excluding hydrogens is 182 g/mol. The minimum absolute atomic E-state index is 0.740. The highest BCUT2D eigenvalue weighted by atomic mass is 14.5. The molecule has 2 N–H and O–H groups in total. The van der Waals surface area contributed by atoms with Gasteiger partial charge in [-0.05, 0) is 42.5 Å². The monoisotopic (exact) mass is 203 g/mol. The Bertz CT molecular complexity index is 326. The molecule has 0 bridgehead atoms. The van der Waals surface area contributed by atoms with Crippen molar-refractivity contribution in [3.05, 3.63) is 41.0 Å². The first-order chi connectivity index (χ1) is 7.42. The fourth-order valence-corrected chi connectivity index (χ4v) is 1.91. The van der Waals surface area contributed by atoms with E-state index in [1.807, 2.05) is 13.8 Å². The Morgan fingerprint density at radius 1 is 1.27 bits per heavy atom. The van der Waals surface area contributed by atoms with E-state index in [-0.39, 0.29) is 0 Å². The van der Waals surface area contributed by atoms with Crippen LogP contribution in [0.5, 0.6) is 0 Å². The standard InChI is InChI=1S/C12H15N.C2H6/c13-9-8-11-6-3-5-10-4-1-2-7-12(10)11;1-2/h2-3,5-7H,1,4,8-9,13H2;1-2H3. The predicted octanol–water partition coefficient (Wildman–Crippen LogP) is 3.17. The van der Waals surface area contributed by atoms with Crippen LogP contribution in [-0.4, -0.2) is 6.54 Å². The Morgan fingerprint density at radius 2 is 2.07 bits per heavy atom. The maximum atomic E-state index is 5.57. The van der Waals surface area contributed by atoms with Crippen molar-refractivity contribution in [2.45, 2.75) is 33.1 Å². The van der Waals surface area contributed by atoms with Crippen LogP contribution in [0.1, 0.15) is 37.0 Å². The van der Waals surface area contributed by atoms with Gasteiger partial charge in [-0.2, -0.15) is 0 Å². The zero-order valence-corrected chi connectivity index (χ0v) is 9.79. The van der Waals surface area contributed by atoms with Crippen molar-refractivity contribution in [3.63, 3.8) is 0 Å². The van der Waals surface area contributed by atoms with E-state index in [2.05, 4.69) is 30.4 Å². The van der Waals surface area contributed by atoms with Gasteiger partial charge in [0, 0.05) is 0 Å². The molecule has 0 spiro atoms. The van der Waals surface area contributed by atoms with Crippen LogP contribution < -0.4 is 5.73 Å². The zero-order chi connectivity index (χ0) is 11.1. The molecule has 0 radical (unpaired) electrons. The molecule has 1 aliphatic rings. The fourth-order valence-electron chi connectivity index (χ4n) is 1.91. The van der Waals surface area contributed by atoms with Crippen molar-refractivity contribution < 1.29 is 0 Å². The van der Waals surface area contributed by atoms with Crippen LogP contribution in [0.3, 0.4) is 0 Å². The van der Waals surface area contributed by atoms with Gasteiger partial charge in [0.15, 0.2) is 0 Å². The van der Waals surface area contributed by atoms with Crippen LogP contribution in [0.4, 0.5) is 0 Å². The molecule has 0 heterocycles. The van der Waals surface area contributed by atoms with Gasteiger partial charge >= 0.3 is 0 Å². The lowest BCUT2D eigenvalue weighted by Crippen LogP contribution is -2.06. The number of hydrogen-bond acceptors (Lipinski definition) is 1. The second-order valence-corrected chi connectivity index (χ2v) is 3.47. The molecule has 82 valence electrons. The number of fused-ring (bicyclic) bond motifs is 1. The summed E-state index contributed by atoms with van der Waals surface area (Å²) < 4.78 is 0. The lowest BCUT2D eigenvalue weighted by molar-refractivity contribution is 0.935. The second kappa shape index (κ2) is 6.41. The summed E-state index contributed by atoms with van der Waals surface area (Å²) in [5, 5.41) is 0. The highest BCUT2D eigenvalue weighted by Crippen LogP contribution is 2.22. The van der Waals surface area contributed by atoms with Gasteiger partial charge in [0.25, 0.3) is 0 Å². The third-order valence-electron chi connectivity index (χ3n) is 2.57. The lowest BCUT2D eigenvalue weighted by atomic mass is 9.92. The summed E-state index contributed by atoms with van der Waals surface area (Å²) >= 11 is 0. The van der Waals surface area contributed by atoms with E-state index >= 15 is 0 Å². The van der Waals surface area contributed by atoms with Crippen molar-refractivity contribution in [2.24, 2.45) is 5.73 Å². The zero-order valence-electron chi connectivity index (χ0n) is 9.79. The molecule has 0 unspecified atom stereocenters. The summed E-state index contributed by atoms with van der Waals surface area (Å²) in [4.78, 5) is 0. The smallest absolute Gasteiger partial charge is 0.00365 e. The van der Waals surface area contributed by atoms with Crippen LogP contribution in [0.25, 0.3) is 6.08 Å². The summed E-state index contributed by atoms with van der Waals surface area (Å²) in [7, 11) is 0. The van der Waals surface area contributed by atoms with Crippen molar-refractivity contribution in [3.8, 4) is 0 Å². The minimum Gasteiger partial charge on any atom is -0.330 e. The van der Waals surface area contributed by atoms with Crippen LogP contribution in [-0.2, 0) is 12.8 Å². The first-order valence-electron chi connectivity index (χ1n) is 5.89. The van der Waals surface area contributed by atoms with E-state index in [9.17, 15) is 0 Å². The molecule has 1 aromatic rings. The van der Waals surface area contributed by atoms with Gasteiger partial charge in [-0.15, -0.1) is 0 Å². The average molecular weight is 203 g/mol. The maximum Gasteiger partial charge on any atom is -0.00365 e. The molecule has 1 nitrogen and oxygen atoms in total. The van der Waals surface area contributed by atoms with E-state index in [0.717, 1.165) is 13.0 Å². The molecule has 1 aromatic carbocycles. The summed E-state index contributed by atoms with van der Waals surface area (Å²) in [6, 6.07) is 6.54. The van der Waals surface area contributed by atoms with Crippen LogP contribution >= 0.6 is 0 Å². The maximum absolute atomic E-state index is 5.57. The number of benzene rings is 1. The number of nitrogens with two attached hydrogens (primary N) is 1. The van der Waals surface area contributed by atoms with Gasteiger partial charge < -0.3 is 5.73 Å². The molecule has 1 aliphatic carbocycles. The van der Waals surface area contributed by atoms with Crippen LogP contribution in [0, 0.1) is 0 Å². The van der Waals surface area contributed by atoms with Gasteiger partial charge in [-0.1, -0.05) is 44.2 Å². The Morgan fingerprint density at radius 3 is 2.80 bits per heavy atom. The van der Waals surface area contributed by atoms with Gasteiger partial charge in [-0.3, -0.25) is 0 Å². The molecule has 0 saturated carbocycles. The first-order valence-corrected chi connectivity index (χ1v) is 5.89. The second-order valence-electron chi connectivity index (χ2n) is 3.47. The van der Waals surface area contributed by atoms with Gasteiger partial charge in [0.1, 0.15) is 0 Å².